The van der Waals surface area contributed by atoms with E-state index in [1.165, 1.54) is 11.1 Å². The minimum atomic E-state index is 0.181. The lowest BCUT2D eigenvalue weighted by molar-refractivity contribution is 0.0986. The maximum absolute atomic E-state index is 12.0. The monoisotopic (exact) mass is 253 g/mol. The van der Waals surface area contributed by atoms with E-state index in [2.05, 4.69) is 24.4 Å². The number of hydrogen-bond acceptors (Lipinski definition) is 2. The van der Waals surface area contributed by atoms with Crippen molar-refractivity contribution >= 4 is 11.5 Å². The first-order chi connectivity index (χ1) is 9.15. The zero-order valence-corrected chi connectivity index (χ0v) is 11.4. The summed E-state index contributed by atoms with van der Waals surface area (Å²) in [6, 6.07) is 15.9. The third-order valence-corrected chi connectivity index (χ3v) is 3.07. The quantitative estimate of drug-likeness (QED) is 0.816. The summed E-state index contributed by atoms with van der Waals surface area (Å²) in [5.41, 5.74) is 4.25. The van der Waals surface area contributed by atoms with Crippen molar-refractivity contribution in [1.29, 1.82) is 0 Å². The summed E-state index contributed by atoms with van der Waals surface area (Å²) in [5.74, 6) is 0.181. The Hall–Kier alpha value is -2.09. The largest absolute Gasteiger partial charge is 0.385 e. The summed E-state index contributed by atoms with van der Waals surface area (Å²) < 4.78 is 0. The first-order valence-corrected chi connectivity index (χ1v) is 6.55. The molecule has 1 N–H and O–H groups in total. The van der Waals surface area contributed by atoms with Crippen LogP contribution in [0.5, 0.6) is 0 Å². The molecule has 0 atom stereocenters. The second-order valence-electron chi connectivity index (χ2n) is 4.84. The van der Waals surface area contributed by atoms with E-state index in [1.807, 2.05) is 43.3 Å². The van der Waals surface area contributed by atoms with Gasteiger partial charge in [-0.25, -0.2) is 0 Å². The molecule has 0 aliphatic carbocycles. The van der Waals surface area contributed by atoms with Crippen LogP contribution in [0.25, 0.3) is 0 Å². The first kappa shape index (κ1) is 13.3. The van der Waals surface area contributed by atoms with Crippen LogP contribution < -0.4 is 5.32 Å². The van der Waals surface area contributed by atoms with Gasteiger partial charge in [0.1, 0.15) is 0 Å². The standard InChI is InChI=1S/C17H19NO/c1-13-6-8-15(9-7-13)17(19)10-11-18-16-5-3-4-14(2)12-16/h3-9,12,18H,10-11H2,1-2H3. The van der Waals surface area contributed by atoms with Gasteiger partial charge < -0.3 is 5.32 Å². The summed E-state index contributed by atoms with van der Waals surface area (Å²) in [7, 11) is 0. The minimum absolute atomic E-state index is 0.181. The highest BCUT2D eigenvalue weighted by molar-refractivity contribution is 5.96. The Kier molecular flexibility index (Phi) is 4.35. The molecule has 0 aliphatic rings. The average molecular weight is 253 g/mol. The number of benzene rings is 2. The van der Waals surface area contributed by atoms with Crippen LogP contribution in [0.4, 0.5) is 5.69 Å². The minimum Gasteiger partial charge on any atom is -0.385 e. The Balaban J connectivity index is 1.86. The maximum atomic E-state index is 12.0. The molecule has 98 valence electrons. The summed E-state index contributed by atoms with van der Waals surface area (Å²) >= 11 is 0. The highest BCUT2D eigenvalue weighted by Crippen LogP contribution is 2.10. The second kappa shape index (κ2) is 6.19. The van der Waals surface area contributed by atoms with Crippen molar-refractivity contribution in [3.63, 3.8) is 0 Å². The van der Waals surface area contributed by atoms with E-state index < -0.39 is 0 Å². The predicted molar refractivity (Wildman–Crippen MR) is 79.8 cm³/mol. The highest BCUT2D eigenvalue weighted by Gasteiger charge is 2.04. The molecule has 2 rings (SSSR count). The first-order valence-electron chi connectivity index (χ1n) is 6.55. The molecule has 0 saturated carbocycles. The van der Waals surface area contributed by atoms with Gasteiger partial charge in [0.15, 0.2) is 5.78 Å². The van der Waals surface area contributed by atoms with Gasteiger partial charge in [0, 0.05) is 24.2 Å². The van der Waals surface area contributed by atoms with Gasteiger partial charge in [0.25, 0.3) is 0 Å². The summed E-state index contributed by atoms with van der Waals surface area (Å²) in [4.78, 5) is 12.0. The summed E-state index contributed by atoms with van der Waals surface area (Å²) in [5, 5.41) is 3.28. The Labute approximate surface area is 114 Å². The number of aryl methyl sites for hydroxylation is 2. The van der Waals surface area contributed by atoms with Gasteiger partial charge in [-0.3, -0.25) is 4.79 Å². The van der Waals surface area contributed by atoms with Crippen LogP contribution in [0.3, 0.4) is 0 Å². The van der Waals surface area contributed by atoms with Crippen LogP contribution in [0, 0.1) is 13.8 Å². The van der Waals surface area contributed by atoms with E-state index >= 15 is 0 Å². The van der Waals surface area contributed by atoms with Gasteiger partial charge in [-0.05, 0) is 31.5 Å². The molecular weight excluding hydrogens is 234 g/mol. The topological polar surface area (TPSA) is 29.1 Å². The normalized spacial score (nSPS) is 10.2. The molecule has 0 heterocycles. The number of anilines is 1. The molecule has 19 heavy (non-hydrogen) atoms. The zero-order chi connectivity index (χ0) is 13.7. The molecule has 0 fully saturated rings. The molecule has 0 unspecified atom stereocenters. The average Bonchev–Trinajstić information content (AvgIpc) is 2.39. The highest BCUT2D eigenvalue weighted by atomic mass is 16.1. The SMILES string of the molecule is Cc1ccc(C(=O)CCNc2cccc(C)c2)cc1. The van der Waals surface area contributed by atoms with Crippen LogP contribution in [-0.4, -0.2) is 12.3 Å². The lowest BCUT2D eigenvalue weighted by Crippen LogP contribution is -2.08. The van der Waals surface area contributed by atoms with Crippen molar-refractivity contribution in [2.75, 3.05) is 11.9 Å². The van der Waals surface area contributed by atoms with Crippen LogP contribution in [0.1, 0.15) is 27.9 Å². The van der Waals surface area contributed by atoms with Gasteiger partial charge >= 0.3 is 0 Å². The van der Waals surface area contributed by atoms with Crippen molar-refractivity contribution in [2.24, 2.45) is 0 Å². The van der Waals surface area contributed by atoms with Crippen molar-refractivity contribution in [2.45, 2.75) is 20.3 Å². The Morgan fingerprint density at radius 3 is 2.42 bits per heavy atom. The van der Waals surface area contributed by atoms with Crippen LogP contribution >= 0.6 is 0 Å². The molecule has 2 nitrogen and oxygen atoms in total. The summed E-state index contributed by atoms with van der Waals surface area (Å²) in [6.45, 7) is 4.74. The third kappa shape index (κ3) is 3.95. The number of carbonyl (C=O) groups excluding carboxylic acids is 1. The van der Waals surface area contributed by atoms with E-state index in [0.29, 0.717) is 13.0 Å². The lowest BCUT2D eigenvalue weighted by atomic mass is 10.1. The molecule has 0 spiro atoms. The van der Waals surface area contributed by atoms with E-state index in [-0.39, 0.29) is 5.78 Å². The fraction of sp³-hybridized carbons (Fsp3) is 0.235. The number of nitrogens with one attached hydrogen (secondary N) is 1. The van der Waals surface area contributed by atoms with Gasteiger partial charge in [0.05, 0.1) is 0 Å². The number of carbonyl (C=O) groups is 1. The van der Waals surface area contributed by atoms with E-state index in [4.69, 9.17) is 0 Å². The van der Waals surface area contributed by atoms with Crippen LogP contribution in [0.2, 0.25) is 0 Å². The molecule has 0 aliphatic heterocycles. The van der Waals surface area contributed by atoms with E-state index in [0.717, 1.165) is 11.3 Å². The van der Waals surface area contributed by atoms with Crippen LogP contribution in [0.15, 0.2) is 48.5 Å². The molecule has 0 saturated heterocycles. The molecule has 0 amide bonds. The zero-order valence-electron chi connectivity index (χ0n) is 11.4. The Morgan fingerprint density at radius 2 is 1.74 bits per heavy atom. The van der Waals surface area contributed by atoms with Gasteiger partial charge in [-0.15, -0.1) is 0 Å². The summed E-state index contributed by atoms with van der Waals surface area (Å²) in [6.07, 6.45) is 0.511. The van der Waals surface area contributed by atoms with Crippen LogP contribution in [-0.2, 0) is 0 Å². The molecular formula is C17H19NO. The number of rotatable bonds is 5. The smallest absolute Gasteiger partial charge is 0.164 e. The number of Topliss-reactive ketones (excluding diaryl/α,β-unsaturated/α-hetero) is 1. The Bertz CT molecular complexity index is 558. The van der Waals surface area contributed by atoms with Gasteiger partial charge in [0.2, 0.25) is 0 Å². The van der Waals surface area contributed by atoms with E-state index in [1.54, 1.807) is 0 Å². The maximum Gasteiger partial charge on any atom is 0.164 e. The third-order valence-electron chi connectivity index (χ3n) is 3.07. The molecule has 2 heteroatoms. The number of ketones is 1. The fourth-order valence-electron chi connectivity index (χ4n) is 1.96. The Morgan fingerprint density at radius 1 is 1.00 bits per heavy atom. The lowest BCUT2D eigenvalue weighted by Gasteiger charge is -2.07. The van der Waals surface area contributed by atoms with Crippen molar-refractivity contribution in [3.8, 4) is 0 Å². The van der Waals surface area contributed by atoms with Gasteiger partial charge in [-0.1, -0.05) is 42.0 Å². The fourth-order valence-corrected chi connectivity index (χ4v) is 1.96. The van der Waals surface area contributed by atoms with Crippen molar-refractivity contribution in [3.05, 3.63) is 65.2 Å². The molecule has 0 radical (unpaired) electrons. The number of hydrogen-bond donors (Lipinski definition) is 1. The van der Waals surface area contributed by atoms with Crippen molar-refractivity contribution < 1.29 is 4.79 Å². The predicted octanol–water partition coefficient (Wildman–Crippen LogP) is 3.99. The molecule has 0 aromatic heterocycles. The molecule has 2 aromatic carbocycles. The second-order valence-corrected chi connectivity index (χ2v) is 4.84. The van der Waals surface area contributed by atoms with Gasteiger partial charge in [-0.2, -0.15) is 0 Å². The molecule has 2 aromatic rings. The molecule has 0 bridgehead atoms. The van der Waals surface area contributed by atoms with E-state index in [9.17, 15) is 4.79 Å². The van der Waals surface area contributed by atoms with Crippen molar-refractivity contribution in [1.82, 2.24) is 0 Å².